The lowest BCUT2D eigenvalue weighted by molar-refractivity contribution is -0.116. The number of benzene rings is 2. The molecule has 0 spiro atoms. The summed E-state index contributed by atoms with van der Waals surface area (Å²) >= 11 is 2.45. The van der Waals surface area contributed by atoms with Crippen LogP contribution in [0.1, 0.15) is 12.6 Å². The molecule has 0 bridgehead atoms. The highest BCUT2D eigenvalue weighted by Crippen LogP contribution is 2.31. The molecular weight excluding hydrogens is 449 g/mol. The molecule has 0 saturated heterocycles. The predicted molar refractivity (Wildman–Crippen MR) is 124 cm³/mol. The standard InChI is InChI=1S/C22H16FN5O2S2/c1-14(29)28(20-5-3-2-4-18(20)23)22-25-17(12-31-22)10-11-21(30)24-16-8-6-15(7-9-16)19-13-32-27-26-19/h2-13H,1H3,(H,24,30)/b11-10+. The Kier molecular flexibility index (Phi) is 6.43. The predicted octanol–water partition coefficient (Wildman–Crippen LogP) is 5.14. The van der Waals surface area contributed by atoms with Gasteiger partial charge in [0.15, 0.2) is 5.13 Å². The fraction of sp³-hybridized carbons (Fsp3) is 0.0455. The van der Waals surface area contributed by atoms with Crippen molar-refractivity contribution in [1.29, 1.82) is 0 Å². The summed E-state index contributed by atoms with van der Waals surface area (Å²) in [5.74, 6) is -1.22. The highest BCUT2D eigenvalue weighted by atomic mass is 32.1. The molecule has 1 N–H and O–H groups in total. The van der Waals surface area contributed by atoms with E-state index in [0.717, 1.165) is 11.3 Å². The van der Waals surface area contributed by atoms with Crippen LogP contribution >= 0.6 is 22.9 Å². The zero-order valence-electron chi connectivity index (χ0n) is 16.7. The highest BCUT2D eigenvalue weighted by molar-refractivity contribution is 7.14. The molecule has 0 fully saturated rings. The van der Waals surface area contributed by atoms with Crippen LogP contribution in [0.25, 0.3) is 17.3 Å². The molecule has 0 aliphatic carbocycles. The van der Waals surface area contributed by atoms with Gasteiger partial charge < -0.3 is 5.32 Å². The molecule has 0 saturated carbocycles. The van der Waals surface area contributed by atoms with Gasteiger partial charge >= 0.3 is 0 Å². The van der Waals surface area contributed by atoms with Crippen molar-refractivity contribution >= 4 is 57.3 Å². The van der Waals surface area contributed by atoms with E-state index in [-0.39, 0.29) is 17.5 Å². The zero-order chi connectivity index (χ0) is 22.5. The van der Waals surface area contributed by atoms with E-state index < -0.39 is 5.82 Å². The van der Waals surface area contributed by atoms with Gasteiger partial charge in [0.2, 0.25) is 11.8 Å². The average molecular weight is 466 g/mol. The molecule has 7 nitrogen and oxygen atoms in total. The molecule has 4 rings (SSSR count). The van der Waals surface area contributed by atoms with Crippen LogP contribution in [0, 0.1) is 5.82 Å². The number of carbonyl (C=O) groups is 2. The largest absolute Gasteiger partial charge is 0.323 e. The van der Waals surface area contributed by atoms with E-state index in [1.165, 1.54) is 59.0 Å². The van der Waals surface area contributed by atoms with Crippen molar-refractivity contribution < 1.29 is 14.0 Å². The summed E-state index contributed by atoms with van der Waals surface area (Å²) < 4.78 is 18.0. The van der Waals surface area contributed by atoms with Gasteiger partial charge in [-0.25, -0.2) is 9.37 Å². The van der Waals surface area contributed by atoms with Gasteiger partial charge in [0.1, 0.15) is 11.5 Å². The number of halogens is 1. The normalized spacial score (nSPS) is 10.9. The molecule has 10 heteroatoms. The topological polar surface area (TPSA) is 88.1 Å². The first kappa shape index (κ1) is 21.5. The molecule has 2 aromatic carbocycles. The molecule has 0 aliphatic heterocycles. The van der Waals surface area contributed by atoms with Gasteiger partial charge in [-0.05, 0) is 41.9 Å². The molecular formula is C22H16FN5O2S2. The fourth-order valence-corrected chi connectivity index (χ4v) is 4.17. The Morgan fingerprint density at radius 1 is 1.09 bits per heavy atom. The first-order chi connectivity index (χ1) is 15.5. The number of carbonyl (C=O) groups excluding carboxylic acids is 2. The summed E-state index contributed by atoms with van der Waals surface area (Å²) in [6.45, 7) is 1.34. The average Bonchev–Trinajstić information content (AvgIpc) is 3.47. The Labute approximate surface area is 191 Å². The van der Waals surface area contributed by atoms with Crippen molar-refractivity contribution in [2.75, 3.05) is 10.2 Å². The molecule has 2 heterocycles. The molecule has 0 unspecified atom stereocenters. The number of nitrogens with one attached hydrogen (secondary N) is 1. The van der Waals surface area contributed by atoms with Crippen molar-refractivity contribution in [3.05, 3.63) is 76.9 Å². The smallest absolute Gasteiger partial charge is 0.248 e. The molecule has 0 aliphatic rings. The Hall–Kier alpha value is -3.76. The fourth-order valence-electron chi connectivity index (χ4n) is 2.86. The second-order valence-corrected chi connectivity index (χ2v) is 8.00. The summed E-state index contributed by atoms with van der Waals surface area (Å²) in [6.07, 6.45) is 2.88. The Balaban J connectivity index is 1.43. The van der Waals surface area contributed by atoms with Crippen LogP contribution in [-0.2, 0) is 9.59 Å². The van der Waals surface area contributed by atoms with E-state index in [0.29, 0.717) is 16.5 Å². The minimum absolute atomic E-state index is 0.125. The van der Waals surface area contributed by atoms with Crippen LogP contribution < -0.4 is 10.2 Å². The van der Waals surface area contributed by atoms with Crippen molar-refractivity contribution in [3.63, 3.8) is 0 Å². The highest BCUT2D eigenvalue weighted by Gasteiger charge is 2.20. The second kappa shape index (κ2) is 9.58. The molecule has 160 valence electrons. The van der Waals surface area contributed by atoms with Crippen LogP contribution in [0.15, 0.2) is 65.4 Å². The molecule has 32 heavy (non-hydrogen) atoms. The van der Waals surface area contributed by atoms with E-state index in [1.54, 1.807) is 29.6 Å². The van der Waals surface area contributed by atoms with Crippen molar-refractivity contribution in [2.45, 2.75) is 6.92 Å². The van der Waals surface area contributed by atoms with Gasteiger partial charge in [0, 0.05) is 35.0 Å². The molecule has 2 amide bonds. The first-order valence-electron chi connectivity index (χ1n) is 9.38. The molecule has 0 atom stereocenters. The third kappa shape index (κ3) is 4.93. The summed E-state index contributed by atoms with van der Waals surface area (Å²) in [4.78, 5) is 29.9. The minimum atomic E-state index is -0.522. The SMILES string of the molecule is CC(=O)N(c1nc(/C=C/C(=O)Nc2ccc(-c3csnn3)cc2)cs1)c1ccccc1F. The number of anilines is 3. The van der Waals surface area contributed by atoms with Gasteiger partial charge in [-0.3, -0.25) is 14.5 Å². The van der Waals surface area contributed by atoms with Crippen molar-refractivity contribution in [2.24, 2.45) is 0 Å². The number of nitrogens with zero attached hydrogens (tertiary/aromatic N) is 4. The zero-order valence-corrected chi connectivity index (χ0v) is 18.4. The monoisotopic (exact) mass is 465 g/mol. The van der Waals surface area contributed by atoms with Crippen LogP contribution in [0.4, 0.5) is 20.9 Å². The maximum atomic E-state index is 14.2. The number of para-hydroxylation sites is 1. The van der Waals surface area contributed by atoms with E-state index in [9.17, 15) is 14.0 Å². The van der Waals surface area contributed by atoms with Gasteiger partial charge in [0.25, 0.3) is 0 Å². The Bertz CT molecular complexity index is 1270. The van der Waals surface area contributed by atoms with E-state index in [1.807, 2.05) is 17.5 Å². The quantitative estimate of drug-likeness (QED) is 0.399. The summed E-state index contributed by atoms with van der Waals surface area (Å²) in [5, 5.41) is 10.6. The number of aromatic nitrogens is 3. The van der Waals surface area contributed by atoms with Gasteiger partial charge in [-0.1, -0.05) is 28.8 Å². The van der Waals surface area contributed by atoms with E-state index in [4.69, 9.17) is 0 Å². The lowest BCUT2D eigenvalue weighted by atomic mass is 10.1. The van der Waals surface area contributed by atoms with E-state index >= 15 is 0 Å². The number of hydrogen-bond donors (Lipinski definition) is 1. The third-order valence-electron chi connectivity index (χ3n) is 4.32. The minimum Gasteiger partial charge on any atom is -0.323 e. The van der Waals surface area contributed by atoms with Crippen molar-refractivity contribution in [3.8, 4) is 11.3 Å². The van der Waals surface area contributed by atoms with Gasteiger partial charge in [-0.2, -0.15) is 0 Å². The van der Waals surface area contributed by atoms with Crippen LogP contribution in [0.3, 0.4) is 0 Å². The molecule has 0 radical (unpaired) electrons. The van der Waals surface area contributed by atoms with Gasteiger partial charge in [0.05, 0.1) is 11.4 Å². The maximum Gasteiger partial charge on any atom is 0.248 e. The maximum absolute atomic E-state index is 14.2. The summed E-state index contributed by atoms with van der Waals surface area (Å²) in [7, 11) is 0. The number of rotatable bonds is 6. The van der Waals surface area contributed by atoms with Crippen LogP contribution in [0.2, 0.25) is 0 Å². The Morgan fingerprint density at radius 3 is 2.56 bits per heavy atom. The van der Waals surface area contributed by atoms with Crippen LogP contribution in [-0.4, -0.2) is 26.4 Å². The van der Waals surface area contributed by atoms with Crippen LogP contribution in [0.5, 0.6) is 0 Å². The summed E-state index contributed by atoms with van der Waals surface area (Å²) in [5.41, 5.74) is 2.93. The van der Waals surface area contributed by atoms with Crippen molar-refractivity contribution in [1.82, 2.24) is 14.6 Å². The molecule has 4 aromatic rings. The lowest BCUT2D eigenvalue weighted by Crippen LogP contribution is -2.23. The van der Waals surface area contributed by atoms with Gasteiger partial charge in [-0.15, -0.1) is 16.4 Å². The number of amides is 2. The third-order valence-corrected chi connectivity index (χ3v) is 5.67. The Morgan fingerprint density at radius 2 is 1.88 bits per heavy atom. The first-order valence-corrected chi connectivity index (χ1v) is 11.1. The second-order valence-electron chi connectivity index (χ2n) is 6.55. The van der Waals surface area contributed by atoms with E-state index in [2.05, 4.69) is 19.9 Å². The number of thiazole rings is 1. The summed E-state index contributed by atoms with van der Waals surface area (Å²) in [6, 6.07) is 13.2. The lowest BCUT2D eigenvalue weighted by Gasteiger charge is -2.18. The number of hydrogen-bond acceptors (Lipinski definition) is 7. The molecule has 2 aromatic heterocycles.